The van der Waals surface area contributed by atoms with Gasteiger partial charge in [-0.15, -0.1) is 11.3 Å². The maximum absolute atomic E-state index is 13.4. The maximum Gasteiger partial charge on any atom is 0.348 e. The number of aromatic carboxylic acids is 1. The number of thiophene rings is 1. The average Bonchev–Trinajstić information content (AvgIpc) is 2.96. The number of carboxylic acid groups (broad SMARTS) is 1. The molecule has 0 unspecified atom stereocenters. The zero-order valence-corrected chi connectivity index (χ0v) is 19.0. The largest absolute Gasteiger partial charge is 0.477 e. The van der Waals surface area contributed by atoms with Crippen LogP contribution in [0.4, 0.5) is 5.69 Å². The molecular formula is C23H33NO3S. The Morgan fingerprint density at radius 3 is 2.29 bits per heavy atom. The van der Waals surface area contributed by atoms with Crippen molar-refractivity contribution >= 4 is 28.9 Å². The molecule has 1 amide bonds. The fourth-order valence-electron chi connectivity index (χ4n) is 3.52. The second-order valence-corrected chi connectivity index (χ2v) is 10.9. The summed E-state index contributed by atoms with van der Waals surface area (Å²) in [5, 5.41) is 9.72. The van der Waals surface area contributed by atoms with Crippen LogP contribution in [0.15, 0.2) is 6.07 Å². The maximum atomic E-state index is 13.4. The zero-order chi connectivity index (χ0) is 21.3. The minimum absolute atomic E-state index is 0.0407. The molecule has 1 heterocycles. The number of hydrogen-bond donors (Lipinski definition) is 1. The average molecular weight is 404 g/mol. The highest BCUT2D eigenvalue weighted by Gasteiger charge is 2.35. The van der Waals surface area contributed by atoms with E-state index in [1.165, 1.54) is 0 Å². The molecule has 0 radical (unpaired) electrons. The first kappa shape index (κ1) is 22.5. The molecule has 154 valence electrons. The first-order valence-corrected chi connectivity index (χ1v) is 10.9. The second kappa shape index (κ2) is 8.29. The third kappa shape index (κ3) is 5.61. The van der Waals surface area contributed by atoms with E-state index in [0.29, 0.717) is 10.6 Å². The van der Waals surface area contributed by atoms with Crippen molar-refractivity contribution in [3.05, 3.63) is 15.8 Å². The highest BCUT2D eigenvalue weighted by Crippen LogP contribution is 2.40. The molecule has 5 heteroatoms. The van der Waals surface area contributed by atoms with Gasteiger partial charge in [0.2, 0.25) is 5.91 Å². The van der Waals surface area contributed by atoms with Crippen LogP contribution in [0, 0.1) is 28.6 Å². The standard InChI is InChI=1S/C23H33NO3S/c1-15(2)24(20(25)16-8-12-23(6,7)13-9-16)18-14-17(10-11-22(3,4)5)28-19(18)21(26)27/h14-16H,8-9,12-13H2,1-7H3,(H,26,27). The summed E-state index contributed by atoms with van der Waals surface area (Å²) in [5.41, 5.74) is 0.597. The molecular weight excluding hydrogens is 370 g/mol. The Morgan fingerprint density at radius 1 is 1.25 bits per heavy atom. The normalized spacial score (nSPS) is 17.1. The second-order valence-electron chi connectivity index (χ2n) is 9.87. The number of carbonyl (C=O) groups excluding carboxylic acids is 1. The van der Waals surface area contributed by atoms with E-state index >= 15 is 0 Å². The van der Waals surface area contributed by atoms with Crippen molar-refractivity contribution in [1.82, 2.24) is 0 Å². The summed E-state index contributed by atoms with van der Waals surface area (Å²) < 4.78 is 0. The monoisotopic (exact) mass is 403 g/mol. The van der Waals surface area contributed by atoms with Crippen molar-refractivity contribution in [3.8, 4) is 11.8 Å². The van der Waals surface area contributed by atoms with Gasteiger partial charge in [0.1, 0.15) is 4.88 Å². The Kier molecular flexibility index (Phi) is 6.66. The number of rotatable bonds is 4. The van der Waals surface area contributed by atoms with E-state index in [1.54, 1.807) is 11.0 Å². The van der Waals surface area contributed by atoms with Crippen LogP contribution in [0.3, 0.4) is 0 Å². The molecule has 1 saturated carbocycles. The minimum Gasteiger partial charge on any atom is -0.477 e. The van der Waals surface area contributed by atoms with Gasteiger partial charge in [-0.05, 0) is 71.8 Å². The topological polar surface area (TPSA) is 57.6 Å². The highest BCUT2D eigenvalue weighted by molar-refractivity contribution is 7.15. The molecule has 0 saturated heterocycles. The number of carbonyl (C=O) groups is 2. The molecule has 2 rings (SSSR count). The van der Waals surface area contributed by atoms with Crippen LogP contribution in [0.5, 0.6) is 0 Å². The molecule has 0 atom stereocenters. The lowest BCUT2D eigenvalue weighted by Gasteiger charge is -2.37. The summed E-state index contributed by atoms with van der Waals surface area (Å²) in [6, 6.07) is 1.66. The summed E-state index contributed by atoms with van der Waals surface area (Å²) in [4.78, 5) is 27.8. The molecule has 1 aromatic rings. The third-order valence-electron chi connectivity index (χ3n) is 5.17. The van der Waals surface area contributed by atoms with Crippen LogP contribution < -0.4 is 4.90 Å². The molecule has 0 aromatic carbocycles. The number of hydrogen-bond acceptors (Lipinski definition) is 3. The quantitative estimate of drug-likeness (QED) is 0.646. The van der Waals surface area contributed by atoms with Gasteiger partial charge in [-0.25, -0.2) is 4.79 Å². The zero-order valence-electron chi connectivity index (χ0n) is 18.2. The van der Waals surface area contributed by atoms with Gasteiger partial charge < -0.3 is 10.0 Å². The van der Waals surface area contributed by atoms with Crippen molar-refractivity contribution in [1.29, 1.82) is 0 Å². The van der Waals surface area contributed by atoms with Gasteiger partial charge in [0.15, 0.2) is 0 Å². The lowest BCUT2D eigenvalue weighted by molar-refractivity contribution is -0.124. The van der Waals surface area contributed by atoms with Gasteiger partial charge in [-0.3, -0.25) is 4.79 Å². The summed E-state index contributed by atoms with van der Waals surface area (Å²) in [6.07, 6.45) is 3.76. The van der Waals surface area contributed by atoms with Gasteiger partial charge in [-0.2, -0.15) is 0 Å². The minimum atomic E-state index is -1.01. The van der Waals surface area contributed by atoms with E-state index in [0.717, 1.165) is 37.0 Å². The predicted molar refractivity (Wildman–Crippen MR) is 116 cm³/mol. The van der Waals surface area contributed by atoms with E-state index in [1.807, 2.05) is 34.6 Å². The molecule has 0 spiro atoms. The fourth-order valence-corrected chi connectivity index (χ4v) is 4.36. The lowest BCUT2D eigenvalue weighted by Crippen LogP contribution is -2.43. The first-order valence-electron chi connectivity index (χ1n) is 10.0. The van der Waals surface area contributed by atoms with E-state index in [2.05, 4.69) is 25.7 Å². The van der Waals surface area contributed by atoms with Crippen molar-refractivity contribution in [2.24, 2.45) is 16.7 Å². The van der Waals surface area contributed by atoms with Gasteiger partial charge in [0.05, 0.1) is 10.6 Å². The molecule has 0 bridgehead atoms. The molecule has 1 aliphatic carbocycles. The molecule has 1 N–H and O–H groups in total. The van der Waals surface area contributed by atoms with Crippen LogP contribution in [-0.4, -0.2) is 23.0 Å². The van der Waals surface area contributed by atoms with Crippen LogP contribution in [-0.2, 0) is 4.79 Å². The van der Waals surface area contributed by atoms with Gasteiger partial charge >= 0.3 is 5.97 Å². The number of carboxylic acids is 1. The van der Waals surface area contributed by atoms with Gasteiger partial charge in [-0.1, -0.05) is 25.7 Å². The predicted octanol–water partition coefficient (Wildman–Crippen LogP) is 5.80. The van der Waals surface area contributed by atoms with E-state index < -0.39 is 5.97 Å². The Morgan fingerprint density at radius 2 is 1.82 bits per heavy atom. The molecule has 1 fully saturated rings. The van der Waals surface area contributed by atoms with Gasteiger partial charge in [0.25, 0.3) is 0 Å². The van der Waals surface area contributed by atoms with Crippen LogP contribution in [0.25, 0.3) is 0 Å². The molecule has 4 nitrogen and oxygen atoms in total. The number of anilines is 1. The Bertz CT molecular complexity index is 792. The highest BCUT2D eigenvalue weighted by atomic mass is 32.1. The molecule has 0 aliphatic heterocycles. The molecule has 28 heavy (non-hydrogen) atoms. The first-order chi connectivity index (χ1) is 12.8. The smallest absolute Gasteiger partial charge is 0.348 e. The Balaban J connectivity index is 2.39. The van der Waals surface area contributed by atoms with Crippen LogP contribution in [0.2, 0.25) is 0 Å². The third-order valence-corrected chi connectivity index (χ3v) is 6.20. The Hall–Kier alpha value is -1.80. The SMILES string of the molecule is CC(C)N(C(=O)C1CCC(C)(C)CC1)c1cc(C#CC(C)(C)C)sc1C(=O)O. The number of amides is 1. The molecule has 1 aliphatic rings. The summed E-state index contributed by atoms with van der Waals surface area (Å²) >= 11 is 1.15. The summed E-state index contributed by atoms with van der Waals surface area (Å²) in [7, 11) is 0. The number of nitrogens with zero attached hydrogens (tertiary/aromatic N) is 1. The van der Waals surface area contributed by atoms with Crippen molar-refractivity contribution < 1.29 is 14.7 Å². The summed E-state index contributed by atoms with van der Waals surface area (Å²) in [6.45, 7) is 14.4. The van der Waals surface area contributed by atoms with E-state index in [4.69, 9.17) is 0 Å². The van der Waals surface area contributed by atoms with Crippen molar-refractivity contribution in [2.45, 2.75) is 80.2 Å². The van der Waals surface area contributed by atoms with Crippen LogP contribution >= 0.6 is 11.3 Å². The van der Waals surface area contributed by atoms with Crippen molar-refractivity contribution in [3.63, 3.8) is 0 Å². The Labute approximate surface area is 173 Å². The molecule has 1 aromatic heterocycles. The van der Waals surface area contributed by atoms with Crippen LogP contribution in [0.1, 0.15) is 88.7 Å². The van der Waals surface area contributed by atoms with Crippen molar-refractivity contribution in [2.75, 3.05) is 4.90 Å². The van der Waals surface area contributed by atoms with E-state index in [-0.39, 0.29) is 33.6 Å². The summed E-state index contributed by atoms with van der Waals surface area (Å²) in [5.74, 6) is 5.24. The lowest BCUT2D eigenvalue weighted by atomic mass is 9.72. The van der Waals surface area contributed by atoms with E-state index in [9.17, 15) is 14.7 Å². The fraction of sp³-hybridized carbons (Fsp3) is 0.652. The van der Waals surface area contributed by atoms with Gasteiger partial charge in [0, 0.05) is 17.4 Å².